The third-order valence-electron chi connectivity index (χ3n) is 5.81. The van der Waals surface area contributed by atoms with E-state index in [1.807, 2.05) is 52.5 Å². The number of aromatic nitrogens is 4. The second-order valence-electron chi connectivity index (χ2n) is 7.57. The van der Waals surface area contributed by atoms with Crippen LogP contribution < -0.4 is 4.57 Å². The first-order valence-electron chi connectivity index (χ1n) is 10.1. The number of hydrogen-bond donors (Lipinski definition) is 0. The number of carbonyl (C=O) groups excluding carboxylic acids is 2. The molecule has 0 radical (unpaired) electrons. The number of carbonyl (C=O) groups is 2. The van der Waals surface area contributed by atoms with Gasteiger partial charge in [0.15, 0.2) is 0 Å². The second kappa shape index (κ2) is 7.52. The molecule has 2 aromatic carbocycles. The largest absolute Gasteiger partial charge is 0.381 e. The quantitative estimate of drug-likeness (QED) is 0.414. The number of ketones is 2. The Balaban J connectivity index is 1.73. The average Bonchev–Trinajstić information content (AvgIpc) is 3.07. The lowest BCUT2D eigenvalue weighted by atomic mass is 9.87. The molecular formula is C24H21N4O3+. The Morgan fingerprint density at radius 2 is 1.74 bits per heavy atom. The van der Waals surface area contributed by atoms with Crippen molar-refractivity contribution < 1.29 is 18.9 Å². The van der Waals surface area contributed by atoms with Crippen LogP contribution in [0.5, 0.6) is 0 Å². The molecule has 0 spiro atoms. The van der Waals surface area contributed by atoms with E-state index in [4.69, 9.17) is 4.74 Å². The molecule has 0 N–H and O–H groups in total. The molecule has 7 heteroatoms. The first-order chi connectivity index (χ1) is 15.1. The van der Waals surface area contributed by atoms with Crippen LogP contribution in [0, 0.1) is 6.92 Å². The van der Waals surface area contributed by atoms with Crippen molar-refractivity contribution in [1.82, 2.24) is 14.5 Å². The lowest BCUT2D eigenvalue weighted by Crippen LogP contribution is -2.44. The van der Waals surface area contributed by atoms with Crippen molar-refractivity contribution >= 4 is 22.3 Å². The predicted molar refractivity (Wildman–Crippen MR) is 113 cm³/mol. The highest BCUT2D eigenvalue weighted by atomic mass is 16.5. The molecule has 0 bridgehead atoms. The van der Waals surface area contributed by atoms with E-state index >= 15 is 0 Å². The molecule has 7 nitrogen and oxygen atoms in total. The molecule has 31 heavy (non-hydrogen) atoms. The lowest BCUT2D eigenvalue weighted by molar-refractivity contribution is -0.696. The zero-order valence-electron chi connectivity index (χ0n) is 17.3. The summed E-state index contributed by atoms with van der Waals surface area (Å²) in [6.45, 7) is 3.16. The van der Waals surface area contributed by atoms with Gasteiger partial charge in [0.05, 0.1) is 12.8 Å². The number of rotatable bonds is 5. The van der Waals surface area contributed by atoms with Gasteiger partial charge in [-0.15, -0.1) is 0 Å². The van der Waals surface area contributed by atoms with Crippen molar-refractivity contribution in [3.63, 3.8) is 0 Å². The molecule has 1 aliphatic rings. The van der Waals surface area contributed by atoms with Crippen molar-refractivity contribution in [3.8, 4) is 0 Å². The van der Waals surface area contributed by atoms with E-state index in [1.165, 1.54) is 0 Å². The topological polar surface area (TPSA) is 78.0 Å². The highest BCUT2D eigenvalue weighted by Crippen LogP contribution is 2.30. The molecule has 0 unspecified atom stereocenters. The van der Waals surface area contributed by atoms with E-state index in [0.29, 0.717) is 47.9 Å². The third-order valence-corrected chi connectivity index (χ3v) is 5.81. The van der Waals surface area contributed by atoms with Crippen LogP contribution >= 0.6 is 0 Å². The average molecular weight is 413 g/mol. The molecule has 5 rings (SSSR count). The van der Waals surface area contributed by atoms with Gasteiger partial charge in [-0.05, 0) is 22.9 Å². The van der Waals surface area contributed by atoms with Gasteiger partial charge >= 0.3 is 0 Å². The van der Waals surface area contributed by atoms with Crippen molar-refractivity contribution in [1.29, 1.82) is 0 Å². The lowest BCUT2D eigenvalue weighted by Gasteiger charge is -2.14. The summed E-state index contributed by atoms with van der Waals surface area (Å²) in [5, 5.41) is 1.87. The first kappa shape index (κ1) is 19.3. The van der Waals surface area contributed by atoms with E-state index in [2.05, 4.69) is 9.97 Å². The zero-order valence-corrected chi connectivity index (χ0v) is 17.3. The molecule has 2 heterocycles. The summed E-state index contributed by atoms with van der Waals surface area (Å²) in [7, 11) is 1.62. The van der Waals surface area contributed by atoms with Crippen LogP contribution in [0.3, 0.4) is 0 Å². The number of nitrogens with zero attached hydrogens (tertiary/aromatic N) is 4. The fraction of sp³-hybridized carbons (Fsp3) is 0.208. The Hall–Kier alpha value is -3.71. The number of hydrogen-bond acceptors (Lipinski definition) is 5. The summed E-state index contributed by atoms with van der Waals surface area (Å²) in [4.78, 5) is 35.8. The van der Waals surface area contributed by atoms with E-state index < -0.39 is 0 Å². The normalized spacial score (nSPS) is 12.8. The van der Waals surface area contributed by atoms with Gasteiger partial charge in [0.1, 0.15) is 18.8 Å². The van der Waals surface area contributed by atoms with Gasteiger partial charge in [0.2, 0.25) is 23.0 Å². The molecular weight excluding hydrogens is 392 g/mol. The van der Waals surface area contributed by atoms with Gasteiger partial charge in [-0.1, -0.05) is 24.3 Å². The molecule has 0 amide bonds. The van der Waals surface area contributed by atoms with Gasteiger partial charge < -0.3 is 4.74 Å². The smallest absolute Gasteiger partial charge is 0.254 e. The number of ether oxygens (including phenoxy) is 1. The SMILES string of the molecule is COCCn1c2c([n+](Cc3cnccn3)c1C)C(=O)c1cc3ccccc3cc1C2=O. The van der Waals surface area contributed by atoms with Crippen LogP contribution in [0.2, 0.25) is 0 Å². The third kappa shape index (κ3) is 3.05. The zero-order chi connectivity index (χ0) is 21.5. The monoisotopic (exact) mass is 413 g/mol. The summed E-state index contributed by atoms with van der Waals surface area (Å²) in [6, 6.07) is 11.4. The van der Waals surface area contributed by atoms with Crippen LogP contribution in [0.4, 0.5) is 0 Å². The maximum absolute atomic E-state index is 13.7. The summed E-state index contributed by atoms with van der Waals surface area (Å²) >= 11 is 0. The van der Waals surface area contributed by atoms with E-state index in [0.717, 1.165) is 16.6 Å². The Morgan fingerprint density at radius 1 is 1.03 bits per heavy atom. The highest BCUT2D eigenvalue weighted by Gasteiger charge is 2.43. The maximum Gasteiger partial charge on any atom is 0.254 e. The van der Waals surface area contributed by atoms with Crippen LogP contribution in [-0.4, -0.2) is 39.8 Å². The molecule has 2 aromatic heterocycles. The molecule has 0 atom stereocenters. The fourth-order valence-electron chi connectivity index (χ4n) is 4.28. The number of imidazole rings is 1. The highest BCUT2D eigenvalue weighted by molar-refractivity contribution is 6.27. The summed E-state index contributed by atoms with van der Waals surface area (Å²) < 4.78 is 9.01. The van der Waals surface area contributed by atoms with E-state index in [1.54, 1.807) is 25.7 Å². The van der Waals surface area contributed by atoms with Crippen LogP contribution in [0.1, 0.15) is 43.6 Å². The number of fused-ring (bicyclic) bond motifs is 3. The minimum absolute atomic E-state index is 0.146. The Bertz CT molecular complexity index is 1340. The van der Waals surface area contributed by atoms with Crippen molar-refractivity contribution in [2.75, 3.05) is 13.7 Å². The molecule has 0 saturated carbocycles. The Kier molecular flexibility index (Phi) is 4.67. The standard InChI is InChI=1S/C24H21N4O3/c1-15-27(9-10-31-2)21-22(28(15)14-18-13-25-7-8-26-18)24(30)20-12-17-6-4-3-5-16(17)11-19(20)23(21)29/h3-8,11-13H,9-10,14H2,1-2H3/q+1. The second-order valence-corrected chi connectivity index (χ2v) is 7.57. The minimum Gasteiger partial charge on any atom is -0.381 e. The minimum atomic E-state index is -0.154. The summed E-state index contributed by atoms with van der Waals surface area (Å²) in [5.74, 6) is 0.498. The Labute approximate surface area is 179 Å². The van der Waals surface area contributed by atoms with Crippen molar-refractivity contribution in [2.24, 2.45) is 0 Å². The van der Waals surface area contributed by atoms with Crippen LogP contribution in [0.25, 0.3) is 10.8 Å². The van der Waals surface area contributed by atoms with Gasteiger partial charge in [0.25, 0.3) is 5.82 Å². The van der Waals surface area contributed by atoms with Crippen LogP contribution in [-0.2, 0) is 17.8 Å². The fourth-order valence-corrected chi connectivity index (χ4v) is 4.28. The Morgan fingerprint density at radius 3 is 2.39 bits per heavy atom. The van der Waals surface area contributed by atoms with Gasteiger partial charge in [-0.3, -0.25) is 19.6 Å². The molecule has 154 valence electrons. The van der Waals surface area contributed by atoms with E-state index in [9.17, 15) is 9.59 Å². The summed E-state index contributed by atoms with van der Waals surface area (Å²) in [6.07, 6.45) is 4.90. The molecule has 4 aromatic rings. The number of benzene rings is 2. The van der Waals surface area contributed by atoms with Gasteiger partial charge in [-0.25, -0.2) is 9.13 Å². The van der Waals surface area contributed by atoms with Gasteiger partial charge in [0, 0.05) is 37.6 Å². The molecule has 0 fully saturated rings. The molecule has 0 saturated heterocycles. The van der Waals surface area contributed by atoms with E-state index in [-0.39, 0.29) is 11.6 Å². The number of methoxy groups -OCH3 is 1. The summed E-state index contributed by atoms with van der Waals surface area (Å²) in [5.41, 5.74) is 2.40. The predicted octanol–water partition coefficient (Wildman–Crippen LogP) is 2.50. The molecule has 1 aliphatic carbocycles. The van der Waals surface area contributed by atoms with Gasteiger partial charge in [-0.2, -0.15) is 0 Å². The van der Waals surface area contributed by atoms with Crippen molar-refractivity contribution in [2.45, 2.75) is 20.0 Å². The van der Waals surface area contributed by atoms with Crippen molar-refractivity contribution in [3.05, 3.63) is 89.0 Å². The van der Waals surface area contributed by atoms with Crippen LogP contribution in [0.15, 0.2) is 55.0 Å². The molecule has 0 aliphatic heterocycles. The maximum atomic E-state index is 13.7. The first-order valence-corrected chi connectivity index (χ1v) is 10.1.